The largest absolute Gasteiger partial charge is 0.281 e. The third-order valence-electron chi connectivity index (χ3n) is 2.27. The van der Waals surface area contributed by atoms with E-state index in [0.717, 1.165) is 16.7 Å². The van der Waals surface area contributed by atoms with Gasteiger partial charge in [0.25, 0.3) is 5.69 Å². The number of carbonyl (C=O) groups excluding carboxylic acids is 1. The lowest BCUT2D eigenvalue weighted by Gasteiger charge is -2.00. The summed E-state index contributed by atoms with van der Waals surface area (Å²) in [4.78, 5) is 22.7. The summed E-state index contributed by atoms with van der Waals surface area (Å²) < 4.78 is 0. The van der Waals surface area contributed by atoms with Gasteiger partial charge in [0.15, 0.2) is 0 Å². The summed E-state index contributed by atoms with van der Waals surface area (Å²) in [7, 11) is 0. The Morgan fingerprint density at radius 1 is 1.00 bits per heavy atom. The fraction of sp³-hybridized carbons (Fsp3) is 0. The normalized spacial score (nSPS) is 10.0. The van der Waals surface area contributed by atoms with Crippen molar-refractivity contribution < 1.29 is 9.72 Å². The Bertz CT molecular complexity index is 567. The minimum absolute atomic E-state index is 0.0174. The van der Waals surface area contributed by atoms with Gasteiger partial charge < -0.3 is 0 Å². The molecule has 2 aromatic carbocycles. The van der Waals surface area contributed by atoms with Gasteiger partial charge in [-0.1, -0.05) is 18.2 Å². The van der Waals surface area contributed by atoms with Crippen molar-refractivity contribution in [1.29, 1.82) is 0 Å². The molecule has 5 heteroatoms. The standard InChI is InChI=1S/C13H9NO3S/c15-13(18-12-4-2-1-3-5-12)10-6-8-11(9-7-10)14(16)17/h1-9H. The lowest BCUT2D eigenvalue weighted by atomic mass is 10.2. The number of nitro groups is 1. The van der Waals surface area contributed by atoms with Gasteiger partial charge in [-0.25, -0.2) is 0 Å². The third kappa shape index (κ3) is 2.95. The van der Waals surface area contributed by atoms with Crippen LogP contribution in [0.4, 0.5) is 5.69 Å². The quantitative estimate of drug-likeness (QED) is 0.480. The number of hydrogen-bond donors (Lipinski definition) is 0. The van der Waals surface area contributed by atoms with Crippen LogP contribution in [0.15, 0.2) is 59.5 Å². The van der Waals surface area contributed by atoms with Crippen LogP contribution in [0.3, 0.4) is 0 Å². The zero-order chi connectivity index (χ0) is 13.0. The maximum atomic E-state index is 11.9. The molecule has 4 nitrogen and oxygen atoms in total. The molecule has 0 amide bonds. The number of nitrogens with zero attached hydrogens (tertiary/aromatic N) is 1. The molecule has 0 aliphatic rings. The highest BCUT2D eigenvalue weighted by Gasteiger charge is 2.10. The van der Waals surface area contributed by atoms with Gasteiger partial charge >= 0.3 is 0 Å². The SMILES string of the molecule is O=C(Sc1ccccc1)c1ccc([N+](=O)[O-])cc1. The van der Waals surface area contributed by atoms with Crippen molar-refractivity contribution in [2.45, 2.75) is 4.90 Å². The van der Waals surface area contributed by atoms with Crippen LogP contribution in [0.1, 0.15) is 10.4 Å². The Hall–Kier alpha value is -2.14. The molecule has 0 aliphatic carbocycles. The molecule has 0 spiro atoms. The van der Waals surface area contributed by atoms with E-state index in [1.54, 1.807) is 0 Å². The van der Waals surface area contributed by atoms with Crippen LogP contribution >= 0.6 is 11.8 Å². The molecule has 90 valence electrons. The minimum atomic E-state index is -0.488. The number of rotatable bonds is 3. The van der Waals surface area contributed by atoms with Crippen LogP contribution in [-0.4, -0.2) is 10.0 Å². The van der Waals surface area contributed by atoms with Gasteiger partial charge in [0, 0.05) is 22.6 Å². The molecule has 2 rings (SSSR count). The first-order valence-corrected chi connectivity index (χ1v) is 6.00. The molecule has 0 bridgehead atoms. The summed E-state index contributed by atoms with van der Waals surface area (Å²) in [6.07, 6.45) is 0. The molecule has 0 aromatic heterocycles. The zero-order valence-corrected chi connectivity index (χ0v) is 10.1. The molecule has 0 fully saturated rings. The van der Waals surface area contributed by atoms with Crippen LogP contribution < -0.4 is 0 Å². The Balaban J connectivity index is 2.12. The van der Waals surface area contributed by atoms with E-state index in [0.29, 0.717) is 5.56 Å². The molecule has 2 aromatic rings. The highest BCUT2D eigenvalue weighted by molar-refractivity contribution is 8.14. The molecule has 0 unspecified atom stereocenters. The first-order valence-electron chi connectivity index (χ1n) is 5.18. The molecule has 0 radical (unpaired) electrons. The van der Waals surface area contributed by atoms with E-state index >= 15 is 0 Å². The molecular weight excluding hydrogens is 250 g/mol. The van der Waals surface area contributed by atoms with E-state index in [-0.39, 0.29) is 10.8 Å². The van der Waals surface area contributed by atoms with E-state index in [4.69, 9.17) is 0 Å². The summed E-state index contributed by atoms with van der Waals surface area (Å²) in [6, 6.07) is 14.9. The first-order chi connectivity index (χ1) is 8.66. The number of nitro benzene ring substituents is 1. The number of carbonyl (C=O) groups is 1. The van der Waals surface area contributed by atoms with Crippen molar-refractivity contribution in [3.05, 3.63) is 70.3 Å². The fourth-order valence-electron chi connectivity index (χ4n) is 1.37. The van der Waals surface area contributed by atoms with E-state index in [1.165, 1.54) is 24.3 Å². The maximum Gasteiger partial charge on any atom is 0.269 e. The second kappa shape index (κ2) is 5.46. The molecule has 0 N–H and O–H groups in total. The molecule has 0 atom stereocenters. The lowest BCUT2D eigenvalue weighted by molar-refractivity contribution is -0.384. The number of benzene rings is 2. The molecule has 18 heavy (non-hydrogen) atoms. The van der Waals surface area contributed by atoms with Gasteiger partial charge in [0.1, 0.15) is 0 Å². The smallest absolute Gasteiger partial charge is 0.269 e. The minimum Gasteiger partial charge on any atom is -0.281 e. The van der Waals surface area contributed by atoms with Crippen molar-refractivity contribution in [2.24, 2.45) is 0 Å². The Morgan fingerprint density at radius 2 is 1.61 bits per heavy atom. The summed E-state index contributed by atoms with van der Waals surface area (Å²) in [5.74, 6) is 0. The van der Waals surface area contributed by atoms with Crippen LogP contribution in [0, 0.1) is 10.1 Å². The van der Waals surface area contributed by atoms with Gasteiger partial charge in [-0.05, 0) is 36.0 Å². The van der Waals surface area contributed by atoms with Gasteiger partial charge in [-0.3, -0.25) is 14.9 Å². The zero-order valence-electron chi connectivity index (χ0n) is 9.28. The Morgan fingerprint density at radius 3 is 2.17 bits per heavy atom. The number of non-ortho nitro benzene ring substituents is 1. The Kier molecular flexibility index (Phi) is 3.74. The van der Waals surface area contributed by atoms with Crippen molar-refractivity contribution in [3.63, 3.8) is 0 Å². The molecular formula is C13H9NO3S. The predicted octanol–water partition coefficient (Wildman–Crippen LogP) is 3.53. The highest BCUT2D eigenvalue weighted by atomic mass is 32.2. The second-order valence-electron chi connectivity index (χ2n) is 3.51. The third-order valence-corrected chi connectivity index (χ3v) is 3.20. The van der Waals surface area contributed by atoms with Crippen molar-refractivity contribution in [3.8, 4) is 0 Å². The van der Waals surface area contributed by atoms with Gasteiger partial charge in [0.2, 0.25) is 5.12 Å². The van der Waals surface area contributed by atoms with Crippen molar-refractivity contribution >= 4 is 22.6 Å². The topological polar surface area (TPSA) is 60.2 Å². The van der Waals surface area contributed by atoms with Crippen LogP contribution in [0.5, 0.6) is 0 Å². The fourth-order valence-corrected chi connectivity index (χ4v) is 2.13. The van der Waals surface area contributed by atoms with Crippen molar-refractivity contribution in [1.82, 2.24) is 0 Å². The first kappa shape index (κ1) is 12.3. The van der Waals surface area contributed by atoms with Gasteiger partial charge in [-0.2, -0.15) is 0 Å². The monoisotopic (exact) mass is 259 g/mol. The number of thioether (sulfide) groups is 1. The molecule has 0 saturated heterocycles. The predicted molar refractivity (Wildman–Crippen MR) is 69.7 cm³/mol. The summed E-state index contributed by atoms with van der Waals surface area (Å²) >= 11 is 1.10. The summed E-state index contributed by atoms with van der Waals surface area (Å²) in [6.45, 7) is 0. The van der Waals surface area contributed by atoms with Gasteiger partial charge in [0.05, 0.1) is 4.92 Å². The van der Waals surface area contributed by atoms with Crippen LogP contribution in [0.25, 0.3) is 0 Å². The Labute approximate surface area is 108 Å². The summed E-state index contributed by atoms with van der Waals surface area (Å²) in [5.41, 5.74) is 0.436. The van der Waals surface area contributed by atoms with Crippen LogP contribution in [0.2, 0.25) is 0 Å². The average Bonchev–Trinajstić information content (AvgIpc) is 2.40. The van der Waals surface area contributed by atoms with Gasteiger partial charge in [-0.15, -0.1) is 0 Å². The van der Waals surface area contributed by atoms with Crippen molar-refractivity contribution in [2.75, 3.05) is 0 Å². The van der Waals surface area contributed by atoms with E-state index in [9.17, 15) is 14.9 Å². The average molecular weight is 259 g/mol. The van der Waals surface area contributed by atoms with E-state index < -0.39 is 4.92 Å². The van der Waals surface area contributed by atoms with Crippen LogP contribution in [-0.2, 0) is 0 Å². The maximum absolute atomic E-state index is 11.9. The van der Waals surface area contributed by atoms with E-state index in [2.05, 4.69) is 0 Å². The summed E-state index contributed by atoms with van der Waals surface area (Å²) in [5, 5.41) is 10.4. The highest BCUT2D eigenvalue weighted by Crippen LogP contribution is 2.23. The van der Waals surface area contributed by atoms with E-state index in [1.807, 2.05) is 30.3 Å². The second-order valence-corrected chi connectivity index (χ2v) is 4.55. The molecule has 0 aliphatic heterocycles. The molecule has 0 heterocycles. The number of hydrogen-bond acceptors (Lipinski definition) is 4. The molecule has 0 saturated carbocycles. The lowest BCUT2D eigenvalue weighted by Crippen LogP contribution is -1.94.